The largest absolute Gasteiger partial charge is 0.352 e. The zero-order valence-electron chi connectivity index (χ0n) is 18.4. The van der Waals surface area contributed by atoms with Crippen molar-refractivity contribution in [2.24, 2.45) is 11.3 Å². The molecule has 0 radical (unpaired) electrons. The number of hydrogen-bond acceptors (Lipinski definition) is 3. The fraction of sp³-hybridized carbons (Fsp3) is 0.609. The number of benzene rings is 1. The molecule has 3 amide bonds. The van der Waals surface area contributed by atoms with E-state index in [1.165, 1.54) is 0 Å². The molecule has 1 heterocycles. The van der Waals surface area contributed by atoms with Gasteiger partial charge in [0.05, 0.1) is 5.92 Å². The van der Waals surface area contributed by atoms with Crippen LogP contribution in [0.4, 0.5) is 0 Å². The Morgan fingerprint density at radius 1 is 1.24 bits per heavy atom. The molecular weight excluding hydrogens is 366 g/mol. The van der Waals surface area contributed by atoms with Crippen LogP contribution < -0.4 is 10.6 Å². The topological polar surface area (TPSA) is 78.5 Å². The van der Waals surface area contributed by atoms with Crippen molar-refractivity contribution >= 4 is 17.7 Å². The van der Waals surface area contributed by atoms with Gasteiger partial charge in [-0.15, -0.1) is 0 Å². The SMILES string of the molecule is CCC(C)NC(=O)c1cccc(CNC(=O)C2CCCN(C(=O)C(C)(C)C)C2)c1. The maximum absolute atomic E-state index is 12.7. The van der Waals surface area contributed by atoms with Crippen LogP contribution in [0, 0.1) is 11.3 Å². The predicted octanol–water partition coefficient (Wildman–Crippen LogP) is 3.12. The fourth-order valence-corrected chi connectivity index (χ4v) is 3.42. The number of carbonyl (C=O) groups excluding carboxylic acids is 3. The Balaban J connectivity index is 1.92. The van der Waals surface area contributed by atoms with Gasteiger partial charge in [0.2, 0.25) is 11.8 Å². The van der Waals surface area contributed by atoms with E-state index in [0.29, 0.717) is 25.2 Å². The van der Waals surface area contributed by atoms with E-state index in [1.54, 1.807) is 6.07 Å². The van der Waals surface area contributed by atoms with Gasteiger partial charge >= 0.3 is 0 Å². The third-order valence-corrected chi connectivity index (χ3v) is 5.37. The molecule has 29 heavy (non-hydrogen) atoms. The molecule has 2 N–H and O–H groups in total. The lowest BCUT2D eigenvalue weighted by Gasteiger charge is -2.35. The molecule has 1 aromatic carbocycles. The van der Waals surface area contributed by atoms with Crippen molar-refractivity contribution in [1.29, 1.82) is 0 Å². The zero-order valence-corrected chi connectivity index (χ0v) is 18.4. The summed E-state index contributed by atoms with van der Waals surface area (Å²) in [5.41, 5.74) is 1.04. The van der Waals surface area contributed by atoms with Crippen molar-refractivity contribution < 1.29 is 14.4 Å². The number of rotatable bonds is 6. The summed E-state index contributed by atoms with van der Waals surface area (Å²) < 4.78 is 0. The minimum Gasteiger partial charge on any atom is -0.352 e. The zero-order chi connectivity index (χ0) is 21.6. The average molecular weight is 402 g/mol. The lowest BCUT2D eigenvalue weighted by atomic mass is 9.91. The summed E-state index contributed by atoms with van der Waals surface area (Å²) in [6, 6.07) is 7.44. The van der Waals surface area contributed by atoms with Crippen LogP contribution in [0.25, 0.3) is 0 Å². The van der Waals surface area contributed by atoms with Crippen molar-refractivity contribution in [2.45, 2.75) is 66.5 Å². The summed E-state index contributed by atoms with van der Waals surface area (Å²) in [5, 5.41) is 5.93. The number of piperidine rings is 1. The van der Waals surface area contributed by atoms with E-state index in [4.69, 9.17) is 0 Å². The van der Waals surface area contributed by atoms with Gasteiger partial charge in [-0.2, -0.15) is 0 Å². The molecule has 0 aromatic heterocycles. The smallest absolute Gasteiger partial charge is 0.251 e. The molecule has 160 valence electrons. The number of carbonyl (C=O) groups is 3. The predicted molar refractivity (Wildman–Crippen MR) is 114 cm³/mol. The van der Waals surface area contributed by atoms with Gasteiger partial charge in [-0.05, 0) is 43.9 Å². The summed E-state index contributed by atoms with van der Waals surface area (Å²) in [6.45, 7) is 11.3. The van der Waals surface area contributed by atoms with Crippen LogP contribution in [0.2, 0.25) is 0 Å². The van der Waals surface area contributed by atoms with Gasteiger partial charge in [0.1, 0.15) is 0 Å². The lowest BCUT2D eigenvalue weighted by molar-refractivity contribution is -0.142. The molecule has 1 fully saturated rings. The van der Waals surface area contributed by atoms with Gasteiger partial charge in [0.25, 0.3) is 5.91 Å². The number of likely N-dealkylation sites (tertiary alicyclic amines) is 1. The van der Waals surface area contributed by atoms with E-state index in [2.05, 4.69) is 10.6 Å². The maximum Gasteiger partial charge on any atom is 0.251 e. The maximum atomic E-state index is 12.7. The fourth-order valence-electron chi connectivity index (χ4n) is 3.42. The number of hydrogen-bond donors (Lipinski definition) is 2. The molecule has 0 spiro atoms. The molecule has 6 heteroatoms. The Kier molecular flexibility index (Phi) is 7.82. The van der Waals surface area contributed by atoms with Crippen LogP contribution in [0.15, 0.2) is 24.3 Å². The molecule has 6 nitrogen and oxygen atoms in total. The minimum atomic E-state index is -0.436. The van der Waals surface area contributed by atoms with Crippen LogP contribution in [-0.2, 0) is 16.1 Å². The second-order valence-corrected chi connectivity index (χ2v) is 9.04. The summed E-state index contributed by atoms with van der Waals surface area (Å²) in [5.74, 6) is -0.232. The third-order valence-electron chi connectivity index (χ3n) is 5.37. The van der Waals surface area contributed by atoms with Crippen molar-refractivity contribution in [1.82, 2.24) is 15.5 Å². The highest BCUT2D eigenvalue weighted by Crippen LogP contribution is 2.23. The highest BCUT2D eigenvalue weighted by Gasteiger charge is 2.33. The molecule has 2 atom stereocenters. The molecule has 1 aromatic rings. The molecule has 0 bridgehead atoms. The number of amides is 3. The van der Waals surface area contributed by atoms with Crippen LogP contribution >= 0.6 is 0 Å². The normalized spacial score (nSPS) is 18.1. The van der Waals surface area contributed by atoms with Crippen molar-refractivity contribution in [3.8, 4) is 0 Å². The van der Waals surface area contributed by atoms with Gasteiger partial charge in [-0.3, -0.25) is 14.4 Å². The van der Waals surface area contributed by atoms with E-state index in [9.17, 15) is 14.4 Å². The van der Waals surface area contributed by atoms with E-state index in [-0.39, 0.29) is 29.7 Å². The number of nitrogens with one attached hydrogen (secondary N) is 2. The third kappa shape index (κ3) is 6.58. The molecule has 0 aliphatic carbocycles. The van der Waals surface area contributed by atoms with E-state index in [1.807, 2.05) is 57.7 Å². The van der Waals surface area contributed by atoms with E-state index < -0.39 is 5.41 Å². The number of nitrogens with zero attached hydrogens (tertiary/aromatic N) is 1. The van der Waals surface area contributed by atoms with E-state index in [0.717, 1.165) is 24.8 Å². The highest BCUT2D eigenvalue weighted by molar-refractivity contribution is 5.94. The highest BCUT2D eigenvalue weighted by atomic mass is 16.2. The minimum absolute atomic E-state index is 0.0362. The Morgan fingerprint density at radius 3 is 2.62 bits per heavy atom. The van der Waals surface area contributed by atoms with E-state index >= 15 is 0 Å². The quantitative estimate of drug-likeness (QED) is 0.769. The van der Waals surface area contributed by atoms with Gasteiger partial charge in [-0.1, -0.05) is 39.8 Å². The van der Waals surface area contributed by atoms with Crippen LogP contribution in [-0.4, -0.2) is 41.8 Å². The second kappa shape index (κ2) is 9.90. The Hall–Kier alpha value is -2.37. The first-order valence-electron chi connectivity index (χ1n) is 10.6. The van der Waals surface area contributed by atoms with Crippen molar-refractivity contribution in [2.75, 3.05) is 13.1 Å². The van der Waals surface area contributed by atoms with Crippen LogP contribution in [0.5, 0.6) is 0 Å². The molecule has 1 aliphatic heterocycles. The van der Waals surface area contributed by atoms with Crippen LogP contribution in [0.1, 0.15) is 69.8 Å². The summed E-state index contributed by atoms with van der Waals surface area (Å²) >= 11 is 0. The van der Waals surface area contributed by atoms with Crippen LogP contribution in [0.3, 0.4) is 0 Å². The molecular formula is C23H35N3O3. The van der Waals surface area contributed by atoms with Crippen molar-refractivity contribution in [3.63, 3.8) is 0 Å². The summed E-state index contributed by atoms with van der Waals surface area (Å²) in [6.07, 6.45) is 2.50. The average Bonchev–Trinajstić information content (AvgIpc) is 2.70. The van der Waals surface area contributed by atoms with Crippen molar-refractivity contribution in [3.05, 3.63) is 35.4 Å². The molecule has 2 unspecified atom stereocenters. The standard InChI is InChI=1S/C23H35N3O3/c1-6-16(2)25-21(28)18-10-7-9-17(13-18)14-24-20(27)19-11-8-12-26(15-19)22(29)23(3,4)5/h7,9-10,13,16,19H,6,8,11-12,14-15H2,1-5H3,(H,24,27)(H,25,28). The van der Waals surface area contributed by atoms with Gasteiger partial charge in [0, 0.05) is 36.7 Å². The first-order valence-corrected chi connectivity index (χ1v) is 10.6. The monoisotopic (exact) mass is 401 g/mol. The first-order chi connectivity index (χ1) is 13.6. The molecule has 1 aliphatic rings. The Labute approximate surface area is 174 Å². The van der Waals surface area contributed by atoms with Gasteiger partial charge in [-0.25, -0.2) is 0 Å². The molecule has 0 saturated carbocycles. The second-order valence-electron chi connectivity index (χ2n) is 9.04. The summed E-state index contributed by atoms with van der Waals surface area (Å²) in [7, 11) is 0. The van der Waals surface area contributed by atoms with Gasteiger partial charge < -0.3 is 15.5 Å². The Bertz CT molecular complexity index is 739. The summed E-state index contributed by atoms with van der Waals surface area (Å²) in [4.78, 5) is 39.3. The molecule has 2 rings (SSSR count). The Morgan fingerprint density at radius 2 is 1.97 bits per heavy atom. The molecule has 1 saturated heterocycles. The van der Waals surface area contributed by atoms with Gasteiger partial charge in [0.15, 0.2) is 0 Å². The first kappa shape index (κ1) is 22.9. The lowest BCUT2D eigenvalue weighted by Crippen LogP contribution is -2.48.